The van der Waals surface area contributed by atoms with Crippen LogP contribution in [0.2, 0.25) is 0 Å². The number of H-pyrrole nitrogens is 1. The third-order valence-electron chi connectivity index (χ3n) is 5.94. The summed E-state index contributed by atoms with van der Waals surface area (Å²) in [5, 5.41) is 6.29. The van der Waals surface area contributed by atoms with Crippen LogP contribution in [-0.4, -0.2) is 33.7 Å². The lowest BCUT2D eigenvalue weighted by Gasteiger charge is -2.22. The van der Waals surface area contributed by atoms with Crippen molar-refractivity contribution in [2.45, 2.75) is 52.0 Å². The van der Waals surface area contributed by atoms with E-state index in [0.29, 0.717) is 23.7 Å². The number of fused-ring (bicyclic) bond motifs is 1. The van der Waals surface area contributed by atoms with Crippen LogP contribution in [0.3, 0.4) is 0 Å². The van der Waals surface area contributed by atoms with Gasteiger partial charge < -0.3 is 10.1 Å². The minimum atomic E-state index is -0.336. The third-order valence-corrected chi connectivity index (χ3v) is 5.94. The molecule has 2 N–H and O–H groups in total. The highest BCUT2D eigenvalue weighted by atomic mass is 16.5. The number of nitrogens with zero attached hydrogens (tertiary/aromatic N) is 2. The molecular weight excluding hydrogens is 392 g/mol. The fraction of sp³-hybridized carbons (Fsp3) is 0.458. The van der Waals surface area contributed by atoms with Gasteiger partial charge in [0.15, 0.2) is 5.65 Å². The van der Waals surface area contributed by atoms with E-state index in [0.717, 1.165) is 42.9 Å². The molecule has 0 unspecified atom stereocenters. The Morgan fingerprint density at radius 2 is 1.94 bits per heavy atom. The second kappa shape index (κ2) is 9.06. The number of nitrogens with one attached hydrogen (secondary N) is 2. The smallest absolute Gasteiger partial charge is 0.272 e. The van der Waals surface area contributed by atoms with Gasteiger partial charge in [0.25, 0.3) is 5.56 Å². The van der Waals surface area contributed by atoms with Crippen molar-refractivity contribution in [3.05, 3.63) is 69.3 Å². The minimum Gasteiger partial charge on any atom is -0.381 e. The Labute approximate surface area is 181 Å². The average Bonchev–Trinajstić information content (AvgIpc) is 3.19. The molecule has 1 aliphatic heterocycles. The molecule has 7 heteroatoms. The summed E-state index contributed by atoms with van der Waals surface area (Å²) in [4.78, 5) is 30.2. The number of hydrogen-bond acceptors (Lipinski definition) is 4. The van der Waals surface area contributed by atoms with Crippen LogP contribution in [0.25, 0.3) is 5.65 Å². The molecule has 1 aliphatic rings. The Bertz CT molecular complexity index is 1110. The summed E-state index contributed by atoms with van der Waals surface area (Å²) in [6.07, 6.45) is 2.15. The van der Waals surface area contributed by atoms with E-state index in [9.17, 15) is 9.59 Å². The van der Waals surface area contributed by atoms with Crippen molar-refractivity contribution in [2.24, 2.45) is 5.92 Å². The first-order valence-electron chi connectivity index (χ1n) is 11.0. The van der Waals surface area contributed by atoms with Gasteiger partial charge in [-0.15, -0.1) is 0 Å². The largest absolute Gasteiger partial charge is 0.381 e. The van der Waals surface area contributed by atoms with E-state index in [1.54, 1.807) is 0 Å². The van der Waals surface area contributed by atoms with Crippen molar-refractivity contribution in [3.8, 4) is 0 Å². The average molecular weight is 423 g/mol. The van der Waals surface area contributed by atoms with E-state index in [1.807, 2.05) is 51.1 Å². The number of ether oxygens (including phenoxy) is 1. The molecule has 0 aliphatic carbocycles. The van der Waals surface area contributed by atoms with E-state index < -0.39 is 0 Å². The van der Waals surface area contributed by atoms with Crippen LogP contribution in [0.1, 0.15) is 61.2 Å². The Hall–Kier alpha value is -2.93. The molecule has 31 heavy (non-hydrogen) atoms. The SMILES string of the molecule is Cc1ccc(CC(=O)N[C@@H](c2cc(=O)n3[nH]c(C4CCOCC4)cc3n2)C(C)C)cc1. The van der Waals surface area contributed by atoms with Crippen LogP contribution < -0.4 is 10.9 Å². The van der Waals surface area contributed by atoms with Gasteiger partial charge in [0.05, 0.1) is 18.2 Å². The zero-order valence-electron chi connectivity index (χ0n) is 18.4. The van der Waals surface area contributed by atoms with Gasteiger partial charge in [0.2, 0.25) is 5.91 Å². The normalized spacial score (nSPS) is 16.0. The molecule has 2 aromatic heterocycles. The van der Waals surface area contributed by atoms with E-state index in [4.69, 9.17) is 9.72 Å². The van der Waals surface area contributed by atoms with Crippen molar-refractivity contribution in [3.63, 3.8) is 0 Å². The molecule has 0 radical (unpaired) electrons. The maximum atomic E-state index is 12.8. The van der Waals surface area contributed by atoms with Gasteiger partial charge in [-0.3, -0.25) is 14.7 Å². The lowest BCUT2D eigenvalue weighted by molar-refractivity contribution is -0.121. The zero-order chi connectivity index (χ0) is 22.0. The number of carbonyl (C=O) groups excluding carboxylic acids is 1. The first kappa shape index (κ1) is 21.3. The highest BCUT2D eigenvalue weighted by Gasteiger charge is 2.23. The van der Waals surface area contributed by atoms with Crippen LogP contribution in [0.4, 0.5) is 0 Å². The van der Waals surface area contributed by atoms with Crippen LogP contribution >= 0.6 is 0 Å². The van der Waals surface area contributed by atoms with Crippen molar-refractivity contribution in [2.75, 3.05) is 13.2 Å². The molecule has 164 valence electrons. The summed E-state index contributed by atoms with van der Waals surface area (Å²) in [7, 11) is 0. The number of amides is 1. The minimum absolute atomic E-state index is 0.0819. The predicted molar refractivity (Wildman–Crippen MR) is 119 cm³/mol. The fourth-order valence-electron chi connectivity index (χ4n) is 4.10. The van der Waals surface area contributed by atoms with Crippen molar-refractivity contribution >= 4 is 11.6 Å². The van der Waals surface area contributed by atoms with Gasteiger partial charge in [-0.05, 0) is 31.2 Å². The third kappa shape index (κ3) is 4.88. The first-order chi connectivity index (χ1) is 14.9. The molecule has 0 bridgehead atoms. The summed E-state index contributed by atoms with van der Waals surface area (Å²) in [6.45, 7) is 7.52. The quantitative estimate of drug-likeness (QED) is 0.638. The number of carbonyl (C=O) groups is 1. The number of hydrogen-bond donors (Lipinski definition) is 2. The van der Waals surface area contributed by atoms with Crippen LogP contribution in [-0.2, 0) is 16.0 Å². The molecule has 0 spiro atoms. The number of aromatic amines is 1. The Morgan fingerprint density at radius 3 is 2.61 bits per heavy atom. The molecule has 1 fully saturated rings. The number of aromatic nitrogens is 3. The molecule has 1 aromatic carbocycles. The van der Waals surface area contributed by atoms with E-state index in [2.05, 4.69) is 10.4 Å². The van der Waals surface area contributed by atoms with Gasteiger partial charge in [0.1, 0.15) is 0 Å². The summed E-state index contributed by atoms with van der Waals surface area (Å²) in [5.74, 6) is 0.347. The van der Waals surface area contributed by atoms with Gasteiger partial charge in [-0.25, -0.2) is 9.50 Å². The van der Waals surface area contributed by atoms with Crippen molar-refractivity contribution in [1.29, 1.82) is 0 Å². The Balaban J connectivity index is 1.57. The molecule has 0 saturated carbocycles. The molecule has 1 saturated heterocycles. The Morgan fingerprint density at radius 1 is 1.23 bits per heavy atom. The zero-order valence-corrected chi connectivity index (χ0v) is 18.4. The lowest BCUT2D eigenvalue weighted by Crippen LogP contribution is -2.34. The first-order valence-corrected chi connectivity index (χ1v) is 11.0. The summed E-state index contributed by atoms with van der Waals surface area (Å²) < 4.78 is 6.93. The highest BCUT2D eigenvalue weighted by molar-refractivity contribution is 5.79. The number of aryl methyl sites for hydroxylation is 1. The number of benzene rings is 1. The van der Waals surface area contributed by atoms with Crippen LogP contribution in [0.5, 0.6) is 0 Å². The molecule has 4 rings (SSSR count). The lowest BCUT2D eigenvalue weighted by atomic mass is 9.97. The second-order valence-electron chi connectivity index (χ2n) is 8.76. The summed E-state index contributed by atoms with van der Waals surface area (Å²) >= 11 is 0. The number of rotatable bonds is 6. The topological polar surface area (TPSA) is 88.5 Å². The van der Waals surface area contributed by atoms with E-state index in [1.165, 1.54) is 10.6 Å². The molecule has 1 atom stereocenters. The summed E-state index contributed by atoms with van der Waals surface area (Å²) in [5.41, 5.74) is 4.14. The van der Waals surface area contributed by atoms with Crippen LogP contribution in [0, 0.1) is 12.8 Å². The van der Waals surface area contributed by atoms with Gasteiger partial charge >= 0.3 is 0 Å². The standard InChI is InChI=1S/C24H30N4O3/c1-15(2)24(26-22(29)12-17-6-4-16(3)5-7-17)20-14-23(30)28-21(25-20)13-19(27-28)18-8-10-31-11-9-18/h4-7,13-15,18,24,27H,8-12H2,1-3H3,(H,26,29)/t24-/m1/s1. The van der Waals surface area contributed by atoms with Gasteiger partial charge in [-0.1, -0.05) is 43.7 Å². The highest BCUT2D eigenvalue weighted by Crippen LogP contribution is 2.26. The van der Waals surface area contributed by atoms with E-state index in [-0.39, 0.29) is 23.4 Å². The van der Waals surface area contributed by atoms with E-state index >= 15 is 0 Å². The molecule has 1 amide bonds. The van der Waals surface area contributed by atoms with Gasteiger partial charge in [0, 0.05) is 37.0 Å². The maximum Gasteiger partial charge on any atom is 0.272 e. The molecular formula is C24H30N4O3. The summed E-state index contributed by atoms with van der Waals surface area (Å²) in [6, 6.07) is 11.1. The fourth-order valence-corrected chi connectivity index (χ4v) is 4.10. The second-order valence-corrected chi connectivity index (χ2v) is 8.76. The monoisotopic (exact) mass is 422 g/mol. The van der Waals surface area contributed by atoms with Gasteiger partial charge in [-0.2, -0.15) is 0 Å². The molecule has 7 nitrogen and oxygen atoms in total. The van der Waals surface area contributed by atoms with Crippen LogP contribution in [0.15, 0.2) is 41.2 Å². The molecule has 3 heterocycles. The maximum absolute atomic E-state index is 12.8. The predicted octanol–water partition coefficient (Wildman–Crippen LogP) is 3.28. The van der Waals surface area contributed by atoms with Crippen molar-refractivity contribution in [1.82, 2.24) is 19.9 Å². The van der Waals surface area contributed by atoms with Crippen molar-refractivity contribution < 1.29 is 9.53 Å². The molecule has 3 aromatic rings. The Kier molecular flexibility index (Phi) is 6.23.